The Bertz CT molecular complexity index is 1790. The minimum Gasteiger partial charge on any atom is -0.481 e. The molecule has 0 fully saturated rings. The predicted octanol–water partition coefficient (Wildman–Crippen LogP) is 4.77. The van der Waals surface area contributed by atoms with E-state index in [0.29, 0.717) is 30.2 Å². The van der Waals surface area contributed by atoms with Gasteiger partial charge in [0, 0.05) is 55.3 Å². The number of hydrogen-bond donors (Lipinski definition) is 2. The van der Waals surface area contributed by atoms with Gasteiger partial charge in [-0.05, 0) is 70.0 Å². The molecule has 0 saturated heterocycles. The van der Waals surface area contributed by atoms with Crippen molar-refractivity contribution in [2.24, 2.45) is 13.0 Å². The number of hydrogen-bond acceptors (Lipinski definition) is 7. The van der Waals surface area contributed by atoms with E-state index in [2.05, 4.69) is 55.7 Å². The molecule has 0 amide bonds. The number of nitrogens with zero attached hydrogens (tertiary/aromatic N) is 5. The second-order valence-electron chi connectivity index (χ2n) is 10.9. The van der Waals surface area contributed by atoms with E-state index in [1.165, 1.54) is 15.8 Å². The van der Waals surface area contributed by atoms with Crippen LogP contribution in [0.3, 0.4) is 0 Å². The van der Waals surface area contributed by atoms with Crippen LogP contribution in [0.15, 0.2) is 46.7 Å². The van der Waals surface area contributed by atoms with Gasteiger partial charge in [-0.3, -0.25) is 14.5 Å². The van der Waals surface area contributed by atoms with Crippen molar-refractivity contribution in [3.05, 3.63) is 85.8 Å². The number of thiophene rings is 1. The fourth-order valence-electron chi connectivity index (χ4n) is 6.08. The molecule has 2 atom stereocenters. The number of aromatic amines is 1. The van der Waals surface area contributed by atoms with Gasteiger partial charge < -0.3 is 10.1 Å². The molecule has 5 aromatic rings. The van der Waals surface area contributed by atoms with Gasteiger partial charge >= 0.3 is 5.97 Å². The molecule has 0 saturated carbocycles. The zero-order valence-corrected chi connectivity index (χ0v) is 23.7. The van der Waals surface area contributed by atoms with Crippen molar-refractivity contribution >= 4 is 38.6 Å². The number of H-pyrrole nitrogens is 1. The van der Waals surface area contributed by atoms with Gasteiger partial charge in [-0.2, -0.15) is 0 Å². The first-order valence-corrected chi connectivity index (χ1v) is 14.5. The van der Waals surface area contributed by atoms with E-state index in [1.54, 1.807) is 35.3 Å². The summed E-state index contributed by atoms with van der Waals surface area (Å²) in [7, 11) is 1.80. The van der Waals surface area contributed by atoms with Crippen molar-refractivity contribution in [1.82, 2.24) is 29.9 Å². The average molecular weight is 557 g/mol. The molecule has 0 unspecified atom stereocenters. The summed E-state index contributed by atoms with van der Waals surface area (Å²) in [5, 5.41) is 21.5. The maximum Gasteiger partial charge on any atom is 0.304 e. The van der Waals surface area contributed by atoms with Gasteiger partial charge in [0.05, 0.1) is 6.42 Å². The molecule has 206 valence electrons. The molecule has 0 bridgehead atoms. The number of aliphatic carboxylic acids is 1. The number of nitrogens with one attached hydrogen (secondary N) is 1. The molecule has 1 aromatic carbocycles. The lowest BCUT2D eigenvalue weighted by Gasteiger charge is -2.25. The lowest BCUT2D eigenvalue weighted by Crippen LogP contribution is -2.28. The summed E-state index contributed by atoms with van der Waals surface area (Å²) in [4.78, 5) is 34.3. The summed E-state index contributed by atoms with van der Waals surface area (Å²) >= 11 is 1.71. The van der Waals surface area contributed by atoms with E-state index in [9.17, 15) is 14.7 Å². The van der Waals surface area contributed by atoms with Crippen molar-refractivity contribution in [1.29, 1.82) is 0 Å². The van der Waals surface area contributed by atoms with E-state index in [0.717, 1.165) is 47.2 Å². The second-order valence-corrected chi connectivity index (χ2v) is 11.8. The van der Waals surface area contributed by atoms with Crippen molar-refractivity contribution in [2.45, 2.75) is 52.1 Å². The van der Waals surface area contributed by atoms with Gasteiger partial charge in [-0.15, -0.1) is 16.4 Å². The van der Waals surface area contributed by atoms with Gasteiger partial charge in [0.1, 0.15) is 5.52 Å². The molecule has 40 heavy (non-hydrogen) atoms. The maximum absolute atomic E-state index is 12.1. The largest absolute Gasteiger partial charge is 0.481 e. The number of carboxylic acid groups (broad SMARTS) is 1. The molecular formula is C30H32N6O3S. The number of pyridine rings is 2. The summed E-state index contributed by atoms with van der Waals surface area (Å²) < 4.78 is 2.83. The number of aryl methyl sites for hydroxylation is 2. The third kappa shape index (κ3) is 4.93. The minimum absolute atomic E-state index is 0.0559. The number of carboxylic acids is 1. The second kappa shape index (κ2) is 10.6. The average Bonchev–Trinajstić information content (AvgIpc) is 3.51. The molecule has 1 aliphatic heterocycles. The Morgan fingerprint density at radius 3 is 2.92 bits per heavy atom. The summed E-state index contributed by atoms with van der Waals surface area (Å²) in [6, 6.07) is 9.99. The standard InChI is InChI=1S/C30H32N6O3S/c1-4-18-9-19-5-6-26(37)32-25(19)16-36(14-18)15-22-11-21(10-20-7-8-40-29(20)22)23(12-27(38)39)24-13-31-30-28(17(24)2)33-34-35(30)3/h5-8,10-11,13,18,23H,4,9,12,14-16H2,1-3H3,(H,32,37)(H,38,39)/t18-,23+/m0/s1. The van der Waals surface area contributed by atoms with Crippen LogP contribution in [0.2, 0.25) is 0 Å². The quantitative estimate of drug-likeness (QED) is 0.297. The first kappa shape index (κ1) is 26.3. The minimum atomic E-state index is -0.866. The highest BCUT2D eigenvalue weighted by Crippen LogP contribution is 2.37. The Kier molecular flexibility index (Phi) is 6.97. The summed E-state index contributed by atoms with van der Waals surface area (Å²) in [6.07, 6.45) is 3.73. The Morgan fingerprint density at radius 2 is 2.12 bits per heavy atom. The molecule has 0 radical (unpaired) electrons. The highest BCUT2D eigenvalue weighted by Gasteiger charge is 2.26. The van der Waals surface area contributed by atoms with Crippen molar-refractivity contribution in [2.75, 3.05) is 6.54 Å². The number of aromatic nitrogens is 5. The fraction of sp³-hybridized carbons (Fsp3) is 0.367. The summed E-state index contributed by atoms with van der Waals surface area (Å²) in [5.41, 5.74) is 7.37. The van der Waals surface area contributed by atoms with E-state index >= 15 is 0 Å². The van der Waals surface area contributed by atoms with Crippen LogP contribution in [-0.4, -0.2) is 47.5 Å². The van der Waals surface area contributed by atoms with Gasteiger partial charge in [-0.1, -0.05) is 30.7 Å². The molecule has 9 nitrogen and oxygen atoms in total. The molecule has 2 N–H and O–H groups in total. The highest BCUT2D eigenvalue weighted by atomic mass is 32.1. The Hall–Kier alpha value is -3.89. The first-order valence-electron chi connectivity index (χ1n) is 13.6. The van der Waals surface area contributed by atoms with Crippen LogP contribution in [-0.2, 0) is 31.4 Å². The molecule has 1 aliphatic rings. The van der Waals surface area contributed by atoms with Crippen LogP contribution in [0.25, 0.3) is 21.3 Å². The van der Waals surface area contributed by atoms with Gasteiger partial charge in [0.2, 0.25) is 5.56 Å². The zero-order chi connectivity index (χ0) is 28.0. The van der Waals surface area contributed by atoms with Crippen molar-refractivity contribution in [3.63, 3.8) is 0 Å². The smallest absolute Gasteiger partial charge is 0.304 e. The van der Waals surface area contributed by atoms with Crippen LogP contribution in [0, 0.1) is 12.8 Å². The van der Waals surface area contributed by atoms with Crippen molar-refractivity contribution < 1.29 is 9.90 Å². The molecule has 5 heterocycles. The summed E-state index contributed by atoms with van der Waals surface area (Å²) in [5.74, 6) is -0.764. The Labute approximate surface area is 235 Å². The maximum atomic E-state index is 12.1. The van der Waals surface area contributed by atoms with Gasteiger partial charge in [-0.25, -0.2) is 9.67 Å². The fourth-order valence-corrected chi connectivity index (χ4v) is 6.97. The van der Waals surface area contributed by atoms with Crippen LogP contribution in [0.4, 0.5) is 0 Å². The zero-order valence-electron chi connectivity index (χ0n) is 22.8. The van der Waals surface area contributed by atoms with E-state index in [-0.39, 0.29) is 17.9 Å². The topological polar surface area (TPSA) is 117 Å². The third-order valence-corrected chi connectivity index (χ3v) is 9.20. The molecule has 10 heteroatoms. The number of benzene rings is 1. The van der Waals surface area contributed by atoms with Crippen LogP contribution in [0.1, 0.15) is 59.2 Å². The first-order chi connectivity index (χ1) is 19.3. The van der Waals surface area contributed by atoms with Crippen molar-refractivity contribution in [3.8, 4) is 0 Å². The molecule has 4 aromatic heterocycles. The lowest BCUT2D eigenvalue weighted by atomic mass is 9.85. The van der Waals surface area contributed by atoms with E-state index in [1.807, 2.05) is 13.0 Å². The molecule has 0 aliphatic carbocycles. The normalized spacial score (nSPS) is 16.7. The monoisotopic (exact) mass is 556 g/mol. The van der Waals surface area contributed by atoms with Gasteiger partial charge in [0.25, 0.3) is 0 Å². The van der Waals surface area contributed by atoms with E-state index < -0.39 is 5.97 Å². The van der Waals surface area contributed by atoms with Crippen LogP contribution in [0.5, 0.6) is 0 Å². The van der Waals surface area contributed by atoms with E-state index in [4.69, 9.17) is 0 Å². The van der Waals surface area contributed by atoms with Crippen LogP contribution < -0.4 is 5.56 Å². The number of rotatable bonds is 7. The highest BCUT2D eigenvalue weighted by molar-refractivity contribution is 7.17. The SMILES string of the molecule is CC[C@H]1Cc2ccc(=O)[nH]c2CN(Cc2cc([C@@H](CC(=O)O)c3cnc4c(nnn4C)c3C)cc3ccsc23)C1. The molecule has 6 rings (SSSR count). The Morgan fingerprint density at radius 1 is 1.27 bits per heavy atom. The molecular weight excluding hydrogens is 524 g/mol. The van der Waals surface area contributed by atoms with Gasteiger partial charge in [0.15, 0.2) is 5.65 Å². The lowest BCUT2D eigenvalue weighted by molar-refractivity contribution is -0.137. The number of carbonyl (C=O) groups is 1. The Balaban J connectivity index is 1.42. The summed E-state index contributed by atoms with van der Waals surface area (Å²) in [6.45, 7) is 6.49. The number of fused-ring (bicyclic) bond motifs is 3. The van der Waals surface area contributed by atoms with Crippen LogP contribution >= 0.6 is 11.3 Å². The predicted molar refractivity (Wildman–Crippen MR) is 156 cm³/mol. The third-order valence-electron chi connectivity index (χ3n) is 8.19. The molecule has 0 spiro atoms.